The molecule has 1 aromatic carbocycles. The van der Waals surface area contributed by atoms with Crippen molar-refractivity contribution in [3.8, 4) is 0 Å². The van der Waals surface area contributed by atoms with Crippen molar-refractivity contribution in [1.29, 1.82) is 0 Å². The van der Waals surface area contributed by atoms with E-state index < -0.39 is 0 Å². The van der Waals surface area contributed by atoms with Crippen LogP contribution in [0.3, 0.4) is 0 Å². The van der Waals surface area contributed by atoms with Gasteiger partial charge in [0.15, 0.2) is 0 Å². The molecular formula is C14H20N2O3. The Morgan fingerprint density at radius 1 is 1.58 bits per heavy atom. The molecular weight excluding hydrogens is 244 g/mol. The van der Waals surface area contributed by atoms with Crippen LogP contribution in [0.2, 0.25) is 0 Å². The molecule has 1 aliphatic heterocycles. The highest BCUT2D eigenvalue weighted by Gasteiger charge is 2.25. The van der Waals surface area contributed by atoms with E-state index in [0.29, 0.717) is 6.04 Å². The largest absolute Gasteiger partial charge is 0.393 e. The summed E-state index contributed by atoms with van der Waals surface area (Å²) < 4.78 is 0. The third-order valence-electron chi connectivity index (χ3n) is 3.62. The first kappa shape index (κ1) is 14.0. The van der Waals surface area contributed by atoms with E-state index in [4.69, 9.17) is 0 Å². The maximum atomic E-state index is 10.8. The van der Waals surface area contributed by atoms with Crippen molar-refractivity contribution in [1.82, 2.24) is 4.90 Å². The molecule has 1 heterocycles. The Morgan fingerprint density at radius 3 is 3.05 bits per heavy atom. The lowest BCUT2D eigenvalue weighted by molar-refractivity contribution is -0.384. The lowest BCUT2D eigenvalue weighted by atomic mass is 10.1. The van der Waals surface area contributed by atoms with E-state index in [-0.39, 0.29) is 16.7 Å². The summed E-state index contributed by atoms with van der Waals surface area (Å²) in [5.74, 6) is 0. The Hall–Kier alpha value is -1.46. The molecule has 5 heteroatoms. The number of likely N-dealkylation sites (tertiary alicyclic amines) is 1. The highest BCUT2D eigenvalue weighted by Crippen LogP contribution is 2.24. The van der Waals surface area contributed by atoms with E-state index in [0.717, 1.165) is 37.9 Å². The summed E-state index contributed by atoms with van der Waals surface area (Å²) in [5, 5.41) is 20.3. The summed E-state index contributed by atoms with van der Waals surface area (Å²) in [5.41, 5.74) is 1.11. The van der Waals surface area contributed by atoms with Crippen LogP contribution in [0.15, 0.2) is 24.3 Å². The number of hydrogen-bond donors (Lipinski definition) is 1. The van der Waals surface area contributed by atoms with Gasteiger partial charge in [-0.2, -0.15) is 0 Å². The second kappa shape index (κ2) is 6.12. The zero-order valence-corrected chi connectivity index (χ0v) is 11.2. The van der Waals surface area contributed by atoms with Gasteiger partial charge in [0.25, 0.3) is 5.69 Å². The Morgan fingerprint density at radius 2 is 2.37 bits per heavy atom. The highest BCUT2D eigenvalue weighted by atomic mass is 16.6. The molecule has 0 aromatic heterocycles. The Kier molecular flexibility index (Phi) is 4.50. The number of non-ortho nitro benzene ring substituents is 1. The van der Waals surface area contributed by atoms with Crippen LogP contribution < -0.4 is 0 Å². The molecule has 104 valence electrons. The first-order chi connectivity index (χ1) is 9.06. The Balaban J connectivity index is 2.03. The van der Waals surface area contributed by atoms with Crippen LogP contribution in [0, 0.1) is 10.1 Å². The molecule has 0 amide bonds. The zero-order valence-electron chi connectivity index (χ0n) is 11.2. The first-order valence-electron chi connectivity index (χ1n) is 6.71. The fourth-order valence-corrected chi connectivity index (χ4v) is 2.77. The number of nitro groups is 1. The minimum atomic E-state index is -0.360. The molecule has 2 atom stereocenters. The normalized spacial score (nSPS) is 21.5. The van der Waals surface area contributed by atoms with Crippen LogP contribution >= 0.6 is 0 Å². The van der Waals surface area contributed by atoms with Gasteiger partial charge in [0.2, 0.25) is 0 Å². The van der Waals surface area contributed by atoms with Crippen LogP contribution in [0.4, 0.5) is 5.69 Å². The van der Waals surface area contributed by atoms with Gasteiger partial charge < -0.3 is 5.11 Å². The molecule has 1 N–H and O–H groups in total. The number of nitrogens with zero attached hydrogens (tertiary/aromatic N) is 2. The van der Waals surface area contributed by atoms with Gasteiger partial charge >= 0.3 is 0 Å². The monoisotopic (exact) mass is 264 g/mol. The second-order valence-corrected chi connectivity index (χ2v) is 5.28. The molecule has 0 saturated carbocycles. The number of nitro benzene ring substituents is 1. The fraction of sp³-hybridized carbons (Fsp3) is 0.571. The quantitative estimate of drug-likeness (QED) is 0.654. The number of hydrogen-bond acceptors (Lipinski definition) is 4. The summed E-state index contributed by atoms with van der Waals surface area (Å²) in [6, 6.07) is 7.19. The van der Waals surface area contributed by atoms with Gasteiger partial charge in [-0.25, -0.2) is 0 Å². The minimum Gasteiger partial charge on any atom is -0.393 e. The molecule has 2 unspecified atom stereocenters. The maximum absolute atomic E-state index is 10.8. The topological polar surface area (TPSA) is 66.6 Å². The molecule has 1 fully saturated rings. The Labute approximate surface area is 113 Å². The van der Waals surface area contributed by atoms with E-state index in [1.54, 1.807) is 12.1 Å². The number of benzene rings is 1. The summed E-state index contributed by atoms with van der Waals surface area (Å²) in [6.07, 6.45) is 2.71. The standard InChI is InChI=1S/C14H20N2O3/c1-11(17)8-13-6-3-7-15(13)10-12-4-2-5-14(9-12)16(18)19/h2,4-5,9,11,13,17H,3,6-8,10H2,1H3. The molecule has 1 saturated heterocycles. The van der Waals surface area contributed by atoms with Gasteiger partial charge in [0.05, 0.1) is 11.0 Å². The lowest BCUT2D eigenvalue weighted by Gasteiger charge is -2.25. The van der Waals surface area contributed by atoms with Crippen molar-refractivity contribution in [2.75, 3.05) is 6.54 Å². The van der Waals surface area contributed by atoms with E-state index in [2.05, 4.69) is 4.90 Å². The summed E-state index contributed by atoms with van der Waals surface area (Å²) in [4.78, 5) is 12.7. The van der Waals surface area contributed by atoms with E-state index in [1.807, 2.05) is 13.0 Å². The molecule has 0 radical (unpaired) electrons. The predicted octanol–water partition coefficient (Wildman–Crippen LogP) is 2.33. The van der Waals surface area contributed by atoms with Gasteiger partial charge in [-0.1, -0.05) is 12.1 Å². The second-order valence-electron chi connectivity index (χ2n) is 5.28. The maximum Gasteiger partial charge on any atom is 0.269 e. The summed E-state index contributed by atoms with van der Waals surface area (Å²) in [7, 11) is 0. The molecule has 2 rings (SSSR count). The van der Waals surface area contributed by atoms with Crippen LogP contribution in [-0.2, 0) is 6.54 Å². The summed E-state index contributed by atoms with van der Waals surface area (Å²) >= 11 is 0. The van der Waals surface area contributed by atoms with Gasteiger partial charge in [-0.15, -0.1) is 0 Å². The van der Waals surface area contributed by atoms with Crippen LogP contribution in [0.5, 0.6) is 0 Å². The van der Waals surface area contributed by atoms with E-state index in [9.17, 15) is 15.2 Å². The molecule has 19 heavy (non-hydrogen) atoms. The van der Waals surface area contributed by atoms with Crippen molar-refractivity contribution in [3.63, 3.8) is 0 Å². The van der Waals surface area contributed by atoms with Crippen molar-refractivity contribution in [2.45, 2.75) is 44.9 Å². The average Bonchev–Trinajstić information content (AvgIpc) is 2.76. The predicted molar refractivity (Wildman–Crippen MR) is 72.8 cm³/mol. The number of aliphatic hydroxyl groups excluding tert-OH is 1. The van der Waals surface area contributed by atoms with E-state index >= 15 is 0 Å². The molecule has 0 aliphatic carbocycles. The molecule has 0 spiro atoms. The van der Waals surface area contributed by atoms with E-state index in [1.165, 1.54) is 6.07 Å². The Bertz CT molecular complexity index is 448. The summed E-state index contributed by atoms with van der Waals surface area (Å²) in [6.45, 7) is 3.53. The molecule has 1 aliphatic rings. The van der Waals surface area contributed by atoms with Gasteiger partial charge in [0.1, 0.15) is 0 Å². The fourth-order valence-electron chi connectivity index (χ4n) is 2.77. The molecule has 0 bridgehead atoms. The average molecular weight is 264 g/mol. The minimum absolute atomic E-state index is 0.142. The SMILES string of the molecule is CC(O)CC1CCCN1Cc1cccc([N+](=O)[O-])c1. The first-order valence-corrected chi connectivity index (χ1v) is 6.71. The lowest BCUT2D eigenvalue weighted by Crippen LogP contribution is -2.31. The third-order valence-corrected chi connectivity index (χ3v) is 3.62. The van der Waals surface area contributed by atoms with Gasteiger partial charge in [0, 0.05) is 24.7 Å². The van der Waals surface area contributed by atoms with Crippen LogP contribution in [-0.4, -0.2) is 33.6 Å². The molecule has 5 nitrogen and oxygen atoms in total. The zero-order chi connectivity index (χ0) is 13.8. The van der Waals surface area contributed by atoms with Crippen molar-refractivity contribution in [3.05, 3.63) is 39.9 Å². The van der Waals surface area contributed by atoms with Gasteiger partial charge in [-0.05, 0) is 38.3 Å². The van der Waals surface area contributed by atoms with Crippen molar-refractivity contribution < 1.29 is 10.0 Å². The van der Waals surface area contributed by atoms with Crippen molar-refractivity contribution >= 4 is 5.69 Å². The number of rotatable bonds is 5. The third kappa shape index (κ3) is 3.75. The van der Waals surface area contributed by atoms with Crippen LogP contribution in [0.1, 0.15) is 31.7 Å². The number of aliphatic hydroxyl groups is 1. The van der Waals surface area contributed by atoms with Gasteiger partial charge in [-0.3, -0.25) is 15.0 Å². The van der Waals surface area contributed by atoms with Crippen LogP contribution in [0.25, 0.3) is 0 Å². The molecule has 1 aromatic rings. The highest BCUT2D eigenvalue weighted by molar-refractivity contribution is 5.34. The smallest absolute Gasteiger partial charge is 0.269 e. The van der Waals surface area contributed by atoms with Crippen molar-refractivity contribution in [2.24, 2.45) is 0 Å².